The van der Waals surface area contributed by atoms with Gasteiger partial charge in [-0.1, -0.05) is 20.8 Å². The lowest BCUT2D eigenvalue weighted by atomic mass is 9.98. The van der Waals surface area contributed by atoms with Crippen molar-refractivity contribution in [2.24, 2.45) is 0 Å². The second kappa shape index (κ2) is 6.01. The predicted molar refractivity (Wildman–Crippen MR) is 82.1 cm³/mol. The van der Waals surface area contributed by atoms with Gasteiger partial charge >= 0.3 is 0 Å². The molecule has 20 heavy (non-hydrogen) atoms. The molecule has 0 fully saturated rings. The Morgan fingerprint density at radius 1 is 1.40 bits per heavy atom. The van der Waals surface area contributed by atoms with E-state index in [1.54, 1.807) is 6.33 Å². The highest BCUT2D eigenvalue weighted by molar-refractivity contribution is 7.12. The number of aromatic nitrogens is 4. The van der Waals surface area contributed by atoms with Gasteiger partial charge in [0, 0.05) is 29.3 Å². The average Bonchev–Trinajstić information content (AvgIpc) is 2.97. The van der Waals surface area contributed by atoms with Crippen molar-refractivity contribution in [2.75, 3.05) is 6.54 Å². The van der Waals surface area contributed by atoms with Gasteiger partial charge in [-0.2, -0.15) is 5.10 Å². The van der Waals surface area contributed by atoms with Crippen molar-refractivity contribution < 1.29 is 0 Å². The number of nitrogens with zero attached hydrogens (tertiary/aromatic N) is 3. The minimum atomic E-state index is 0.118. The van der Waals surface area contributed by atoms with Crippen LogP contribution in [0.4, 0.5) is 0 Å². The summed E-state index contributed by atoms with van der Waals surface area (Å²) in [6.45, 7) is 11.8. The highest BCUT2D eigenvalue weighted by atomic mass is 32.1. The minimum Gasteiger partial charge on any atom is -0.309 e. The molecule has 1 atom stereocenters. The Labute approximate surface area is 124 Å². The Hall–Kier alpha value is -1.27. The van der Waals surface area contributed by atoms with Crippen LogP contribution in [0.3, 0.4) is 0 Å². The van der Waals surface area contributed by atoms with Gasteiger partial charge in [0.2, 0.25) is 0 Å². The van der Waals surface area contributed by atoms with E-state index in [-0.39, 0.29) is 5.41 Å². The van der Waals surface area contributed by atoms with E-state index in [2.05, 4.69) is 55.1 Å². The Morgan fingerprint density at radius 3 is 2.70 bits per heavy atom. The first-order valence-corrected chi connectivity index (χ1v) is 7.75. The van der Waals surface area contributed by atoms with Gasteiger partial charge in [0.1, 0.15) is 12.2 Å². The molecule has 0 aliphatic carbocycles. The maximum Gasteiger partial charge on any atom is 0.137 e. The van der Waals surface area contributed by atoms with Gasteiger partial charge in [-0.3, -0.25) is 5.10 Å². The van der Waals surface area contributed by atoms with Gasteiger partial charge in [-0.15, -0.1) is 11.3 Å². The molecule has 0 aliphatic heterocycles. The second-order valence-electron chi connectivity index (χ2n) is 6.08. The zero-order valence-electron chi connectivity index (χ0n) is 12.8. The number of rotatable bonds is 5. The van der Waals surface area contributed by atoms with E-state index in [4.69, 9.17) is 4.98 Å². The quantitative estimate of drug-likeness (QED) is 0.889. The molecule has 0 bridgehead atoms. The largest absolute Gasteiger partial charge is 0.309 e. The third-order valence-corrected chi connectivity index (χ3v) is 4.91. The van der Waals surface area contributed by atoms with Crippen LogP contribution in [0.2, 0.25) is 0 Å². The summed E-state index contributed by atoms with van der Waals surface area (Å²) in [5, 5.41) is 11.5. The van der Waals surface area contributed by atoms with Gasteiger partial charge in [0.25, 0.3) is 0 Å². The van der Waals surface area contributed by atoms with E-state index in [9.17, 15) is 0 Å². The molecular formula is C14H23N5S. The number of aryl methyl sites for hydroxylation is 1. The molecule has 1 unspecified atom stereocenters. The molecule has 5 nitrogen and oxygen atoms in total. The first-order chi connectivity index (χ1) is 9.38. The maximum atomic E-state index is 4.71. The zero-order chi connectivity index (χ0) is 14.8. The molecule has 2 aromatic rings. The number of hydrogen-bond donors (Lipinski definition) is 2. The van der Waals surface area contributed by atoms with E-state index in [1.165, 1.54) is 9.88 Å². The number of nitrogens with one attached hydrogen (secondary N) is 2. The number of hydrogen-bond acceptors (Lipinski definition) is 5. The van der Waals surface area contributed by atoms with Crippen molar-refractivity contribution in [2.45, 2.75) is 52.5 Å². The lowest BCUT2D eigenvalue weighted by Crippen LogP contribution is -2.21. The molecule has 2 heterocycles. The van der Waals surface area contributed by atoms with Crippen LogP contribution < -0.4 is 5.32 Å². The SMILES string of the molecule is Cc1nc(C(C)(C)C)sc1C(C)NCCc1ncn[nH]1. The van der Waals surface area contributed by atoms with E-state index < -0.39 is 0 Å². The summed E-state index contributed by atoms with van der Waals surface area (Å²) in [5.74, 6) is 0.918. The summed E-state index contributed by atoms with van der Waals surface area (Å²) in [6.07, 6.45) is 2.40. The van der Waals surface area contributed by atoms with Crippen LogP contribution in [0.5, 0.6) is 0 Å². The Bertz CT molecular complexity index is 538. The molecule has 6 heteroatoms. The molecule has 110 valence electrons. The zero-order valence-corrected chi connectivity index (χ0v) is 13.6. The van der Waals surface area contributed by atoms with Gasteiger partial charge < -0.3 is 5.32 Å². The van der Waals surface area contributed by atoms with Crippen molar-refractivity contribution in [3.8, 4) is 0 Å². The lowest BCUT2D eigenvalue weighted by Gasteiger charge is -2.14. The van der Waals surface area contributed by atoms with Crippen LogP contribution in [0.25, 0.3) is 0 Å². The number of H-pyrrole nitrogens is 1. The van der Waals surface area contributed by atoms with Crippen molar-refractivity contribution in [3.63, 3.8) is 0 Å². The summed E-state index contributed by atoms with van der Waals surface area (Å²) >= 11 is 1.81. The van der Waals surface area contributed by atoms with Crippen molar-refractivity contribution >= 4 is 11.3 Å². The summed E-state index contributed by atoms with van der Waals surface area (Å²) in [5.41, 5.74) is 1.26. The second-order valence-corrected chi connectivity index (χ2v) is 7.11. The molecule has 0 aromatic carbocycles. The van der Waals surface area contributed by atoms with E-state index in [0.717, 1.165) is 24.5 Å². The molecule has 0 saturated heterocycles. The fourth-order valence-corrected chi connectivity index (χ4v) is 3.13. The Kier molecular flexibility index (Phi) is 4.55. The van der Waals surface area contributed by atoms with Gasteiger partial charge in [-0.05, 0) is 13.8 Å². The summed E-state index contributed by atoms with van der Waals surface area (Å²) in [6, 6.07) is 0.312. The fraction of sp³-hybridized carbons (Fsp3) is 0.643. The third-order valence-electron chi connectivity index (χ3n) is 3.14. The summed E-state index contributed by atoms with van der Waals surface area (Å²) in [7, 11) is 0. The van der Waals surface area contributed by atoms with Crippen LogP contribution in [0.1, 0.15) is 55.1 Å². The van der Waals surface area contributed by atoms with E-state index in [0.29, 0.717) is 6.04 Å². The van der Waals surface area contributed by atoms with Crippen LogP contribution in [0, 0.1) is 6.92 Å². The predicted octanol–water partition coefficient (Wildman–Crippen LogP) is 2.76. The van der Waals surface area contributed by atoms with E-state index >= 15 is 0 Å². The molecule has 0 spiro atoms. The summed E-state index contributed by atoms with van der Waals surface area (Å²) in [4.78, 5) is 10.2. The van der Waals surface area contributed by atoms with Crippen LogP contribution in [-0.4, -0.2) is 26.7 Å². The van der Waals surface area contributed by atoms with Crippen LogP contribution in [0.15, 0.2) is 6.33 Å². The van der Waals surface area contributed by atoms with Crippen molar-refractivity contribution in [1.82, 2.24) is 25.5 Å². The van der Waals surface area contributed by atoms with Crippen molar-refractivity contribution in [3.05, 3.63) is 27.7 Å². The Balaban J connectivity index is 1.95. The normalized spacial score (nSPS) is 13.7. The Morgan fingerprint density at radius 2 is 2.15 bits per heavy atom. The standard InChI is InChI=1S/C14H23N5S/c1-9(15-7-6-11-16-8-17-19-11)12-10(2)18-13(20-12)14(3,4)5/h8-9,15H,6-7H2,1-5H3,(H,16,17,19). The first kappa shape index (κ1) is 15.1. The van der Waals surface area contributed by atoms with Gasteiger partial charge in [0.05, 0.1) is 10.7 Å². The summed E-state index contributed by atoms with van der Waals surface area (Å²) < 4.78 is 0. The molecule has 2 aromatic heterocycles. The molecule has 0 amide bonds. The fourth-order valence-electron chi connectivity index (χ4n) is 1.98. The number of thiazole rings is 1. The molecule has 0 saturated carbocycles. The average molecular weight is 293 g/mol. The van der Waals surface area contributed by atoms with Gasteiger partial charge in [0.15, 0.2) is 0 Å². The molecular weight excluding hydrogens is 270 g/mol. The first-order valence-electron chi connectivity index (χ1n) is 6.93. The molecule has 0 radical (unpaired) electrons. The highest BCUT2D eigenvalue weighted by Crippen LogP contribution is 2.32. The maximum absolute atomic E-state index is 4.71. The molecule has 2 N–H and O–H groups in total. The topological polar surface area (TPSA) is 66.5 Å². The highest BCUT2D eigenvalue weighted by Gasteiger charge is 2.22. The van der Waals surface area contributed by atoms with E-state index in [1.807, 2.05) is 11.3 Å². The van der Waals surface area contributed by atoms with Crippen molar-refractivity contribution in [1.29, 1.82) is 0 Å². The molecule has 2 rings (SSSR count). The third kappa shape index (κ3) is 3.64. The van der Waals surface area contributed by atoms with Crippen LogP contribution >= 0.6 is 11.3 Å². The monoisotopic (exact) mass is 293 g/mol. The van der Waals surface area contributed by atoms with Gasteiger partial charge in [-0.25, -0.2) is 9.97 Å². The number of aromatic amines is 1. The van der Waals surface area contributed by atoms with Crippen LogP contribution in [-0.2, 0) is 11.8 Å². The smallest absolute Gasteiger partial charge is 0.137 e. The minimum absolute atomic E-state index is 0.118. The molecule has 0 aliphatic rings. The lowest BCUT2D eigenvalue weighted by molar-refractivity contribution is 0.573.